The van der Waals surface area contributed by atoms with Gasteiger partial charge in [0.15, 0.2) is 4.98 Å². The molecule has 0 aliphatic heterocycles. The molecule has 3 nitrogen and oxygen atoms in total. The highest BCUT2D eigenvalue weighted by atomic mass is 16.3. The molecule has 15 heavy (non-hydrogen) atoms. The Bertz CT molecular complexity index is 405. The van der Waals surface area contributed by atoms with Crippen LogP contribution in [-0.4, -0.2) is 5.11 Å². The van der Waals surface area contributed by atoms with E-state index >= 15 is 0 Å². The van der Waals surface area contributed by atoms with E-state index in [-0.39, 0.29) is 11.2 Å². The Kier molecular flexibility index (Phi) is 3.11. The normalized spacial score (nSPS) is 12.3. The van der Waals surface area contributed by atoms with Crippen molar-refractivity contribution in [2.24, 2.45) is 0 Å². The number of hydrogen-bond acceptors (Lipinski definition) is 2. The van der Waals surface area contributed by atoms with Gasteiger partial charge in [0.1, 0.15) is 0 Å². The molecule has 0 amide bonds. The smallest absolute Gasteiger partial charge is 0.392 e. The summed E-state index contributed by atoms with van der Waals surface area (Å²) in [5.41, 5.74) is 1.93. The van der Waals surface area contributed by atoms with Gasteiger partial charge in [-0.3, -0.25) is 0 Å². The molecule has 3 heteroatoms. The summed E-state index contributed by atoms with van der Waals surface area (Å²) in [5.74, 6) is -0.0436. The van der Waals surface area contributed by atoms with Crippen LogP contribution in [0.1, 0.15) is 31.9 Å². The van der Waals surface area contributed by atoms with Crippen molar-refractivity contribution in [3.05, 3.63) is 46.6 Å². The van der Waals surface area contributed by atoms with E-state index in [1.54, 1.807) is 12.1 Å². The van der Waals surface area contributed by atoms with Crippen LogP contribution in [0, 0.1) is 5.39 Å². The van der Waals surface area contributed by atoms with Crippen LogP contribution in [0.4, 0.5) is 0 Å². The molecule has 0 heterocycles. The third-order valence-electron chi connectivity index (χ3n) is 2.23. The van der Waals surface area contributed by atoms with Gasteiger partial charge in [-0.05, 0) is 11.0 Å². The van der Waals surface area contributed by atoms with Crippen LogP contribution in [0.2, 0.25) is 0 Å². The lowest BCUT2D eigenvalue weighted by atomic mass is 9.86. The van der Waals surface area contributed by atoms with Crippen LogP contribution < -0.4 is 0 Å². The SMILES string of the molecule is CC(C)(C)c1ccc(C(O)=C[N+]#N)cc1. The molecule has 0 saturated heterocycles. The number of aliphatic hydroxyl groups excluding tert-OH is 1. The summed E-state index contributed by atoms with van der Waals surface area (Å²) in [6.07, 6.45) is 1.01. The van der Waals surface area contributed by atoms with Gasteiger partial charge in [0, 0.05) is 5.56 Å². The van der Waals surface area contributed by atoms with Gasteiger partial charge in [-0.2, -0.15) is 0 Å². The molecule has 1 aromatic carbocycles. The maximum atomic E-state index is 9.42. The predicted molar refractivity (Wildman–Crippen MR) is 60.8 cm³/mol. The molecule has 0 unspecified atom stereocenters. The first-order chi connectivity index (χ1) is 6.95. The van der Waals surface area contributed by atoms with Gasteiger partial charge in [0.25, 0.3) is 0 Å². The molecule has 0 bridgehead atoms. The highest BCUT2D eigenvalue weighted by Gasteiger charge is 2.13. The van der Waals surface area contributed by atoms with Crippen molar-refractivity contribution in [2.45, 2.75) is 26.2 Å². The van der Waals surface area contributed by atoms with Gasteiger partial charge in [-0.1, -0.05) is 45.0 Å². The summed E-state index contributed by atoms with van der Waals surface area (Å²) in [5, 5.41) is 17.7. The van der Waals surface area contributed by atoms with Crippen LogP contribution in [0.5, 0.6) is 0 Å². The lowest BCUT2D eigenvalue weighted by Gasteiger charge is -2.18. The van der Waals surface area contributed by atoms with Crippen molar-refractivity contribution in [2.75, 3.05) is 0 Å². The maximum absolute atomic E-state index is 9.42. The number of hydrogen-bond donors (Lipinski definition) is 1. The van der Waals surface area contributed by atoms with Crippen LogP contribution >= 0.6 is 0 Å². The first kappa shape index (κ1) is 11.3. The fraction of sp³-hybridized carbons (Fsp3) is 0.333. The van der Waals surface area contributed by atoms with E-state index in [9.17, 15) is 5.11 Å². The summed E-state index contributed by atoms with van der Waals surface area (Å²) >= 11 is 0. The topological polar surface area (TPSA) is 48.4 Å². The standard InChI is InChI=1S/C12H14N2O/c1-12(2,3)10-6-4-9(5-7-10)11(15)8-14-13/h4-8H,1-3H3/p+1. The summed E-state index contributed by atoms with van der Waals surface area (Å²) in [4.78, 5) is 2.77. The minimum Gasteiger partial charge on any atom is -0.501 e. The molecule has 0 aliphatic rings. The van der Waals surface area contributed by atoms with Gasteiger partial charge in [0.05, 0.1) is 0 Å². The molecular formula is C12H15N2O+. The molecule has 0 aromatic heterocycles. The second-order valence-electron chi connectivity index (χ2n) is 4.46. The molecule has 0 saturated carbocycles. The zero-order chi connectivity index (χ0) is 11.5. The third-order valence-corrected chi connectivity index (χ3v) is 2.23. The highest BCUT2D eigenvalue weighted by molar-refractivity contribution is 5.59. The Labute approximate surface area is 89.7 Å². The van der Waals surface area contributed by atoms with Crippen LogP contribution in [0.25, 0.3) is 10.7 Å². The van der Waals surface area contributed by atoms with E-state index in [0.29, 0.717) is 5.56 Å². The van der Waals surface area contributed by atoms with Gasteiger partial charge < -0.3 is 5.11 Å². The van der Waals surface area contributed by atoms with E-state index in [0.717, 1.165) is 6.20 Å². The van der Waals surface area contributed by atoms with Crippen molar-refractivity contribution in [1.29, 1.82) is 5.39 Å². The highest BCUT2D eigenvalue weighted by Crippen LogP contribution is 2.23. The molecule has 78 valence electrons. The van der Waals surface area contributed by atoms with Crippen LogP contribution in [0.3, 0.4) is 0 Å². The Morgan fingerprint density at radius 1 is 1.27 bits per heavy atom. The molecular weight excluding hydrogens is 188 g/mol. The van der Waals surface area contributed by atoms with Crippen molar-refractivity contribution in [3.63, 3.8) is 0 Å². The minimum atomic E-state index is -0.0436. The van der Waals surface area contributed by atoms with Crippen molar-refractivity contribution in [3.8, 4) is 0 Å². The molecule has 0 spiro atoms. The summed E-state index contributed by atoms with van der Waals surface area (Å²) < 4.78 is 0. The summed E-state index contributed by atoms with van der Waals surface area (Å²) in [6, 6.07) is 7.52. The van der Waals surface area contributed by atoms with Gasteiger partial charge >= 0.3 is 6.20 Å². The Hall–Kier alpha value is -1.82. The molecule has 1 rings (SSSR count). The van der Waals surface area contributed by atoms with Gasteiger partial charge in [-0.15, -0.1) is 0 Å². The Balaban J connectivity index is 3.02. The quantitative estimate of drug-likeness (QED) is 0.559. The lowest BCUT2D eigenvalue weighted by molar-refractivity contribution is 0.511. The van der Waals surface area contributed by atoms with Crippen molar-refractivity contribution < 1.29 is 5.11 Å². The van der Waals surface area contributed by atoms with Gasteiger partial charge in [-0.25, -0.2) is 0 Å². The molecule has 0 radical (unpaired) electrons. The first-order valence-electron chi connectivity index (χ1n) is 4.79. The summed E-state index contributed by atoms with van der Waals surface area (Å²) in [6.45, 7) is 6.38. The van der Waals surface area contributed by atoms with E-state index in [4.69, 9.17) is 5.39 Å². The minimum absolute atomic E-state index is 0.0436. The van der Waals surface area contributed by atoms with Crippen LogP contribution in [0.15, 0.2) is 30.5 Å². The monoisotopic (exact) mass is 203 g/mol. The van der Waals surface area contributed by atoms with E-state index in [1.165, 1.54) is 5.56 Å². The second kappa shape index (κ2) is 4.14. The second-order valence-corrected chi connectivity index (χ2v) is 4.46. The zero-order valence-corrected chi connectivity index (χ0v) is 9.23. The average Bonchev–Trinajstić information content (AvgIpc) is 2.17. The predicted octanol–water partition coefficient (Wildman–Crippen LogP) is 3.69. The third kappa shape index (κ3) is 2.81. The average molecular weight is 203 g/mol. The first-order valence-corrected chi connectivity index (χ1v) is 4.79. The van der Waals surface area contributed by atoms with Gasteiger partial charge in [0.2, 0.25) is 11.2 Å². The maximum Gasteiger partial charge on any atom is 0.392 e. The number of diazo groups is 1. The van der Waals surface area contributed by atoms with Crippen LogP contribution in [-0.2, 0) is 5.41 Å². The molecule has 0 fully saturated rings. The largest absolute Gasteiger partial charge is 0.501 e. The zero-order valence-electron chi connectivity index (χ0n) is 9.23. The number of rotatable bonds is 1. The molecule has 0 atom stereocenters. The summed E-state index contributed by atoms with van der Waals surface area (Å²) in [7, 11) is 0. The number of aliphatic hydroxyl groups is 1. The fourth-order valence-electron chi connectivity index (χ4n) is 1.27. The van der Waals surface area contributed by atoms with E-state index in [1.807, 2.05) is 12.1 Å². The Morgan fingerprint density at radius 2 is 1.80 bits per heavy atom. The van der Waals surface area contributed by atoms with E-state index < -0.39 is 0 Å². The van der Waals surface area contributed by atoms with E-state index in [2.05, 4.69) is 25.7 Å². The lowest BCUT2D eigenvalue weighted by Crippen LogP contribution is -2.10. The fourth-order valence-corrected chi connectivity index (χ4v) is 1.27. The van der Waals surface area contributed by atoms with Crippen molar-refractivity contribution >= 4 is 5.76 Å². The molecule has 1 N–H and O–H groups in total. The number of benzene rings is 1. The van der Waals surface area contributed by atoms with Crippen molar-refractivity contribution in [1.82, 2.24) is 0 Å². The number of nitrogens with zero attached hydrogens (tertiary/aromatic N) is 2. The Morgan fingerprint density at radius 3 is 2.20 bits per heavy atom. The molecule has 1 aromatic rings. The molecule has 0 aliphatic carbocycles.